The van der Waals surface area contributed by atoms with Crippen LogP contribution in [-0.2, 0) is 9.59 Å². The third-order valence-electron chi connectivity index (χ3n) is 3.52. The molecule has 2 rings (SSSR count). The SMILES string of the molecule is CC1CCN(C(=O)C2CCC(=O)N2)CC1O. The van der Waals surface area contributed by atoms with Crippen molar-refractivity contribution in [3.8, 4) is 0 Å². The Labute approximate surface area is 94.8 Å². The van der Waals surface area contributed by atoms with E-state index in [1.807, 2.05) is 6.92 Å². The van der Waals surface area contributed by atoms with Gasteiger partial charge in [0, 0.05) is 19.5 Å². The van der Waals surface area contributed by atoms with Crippen LogP contribution < -0.4 is 5.32 Å². The molecule has 0 aromatic heterocycles. The van der Waals surface area contributed by atoms with Crippen LogP contribution in [0.1, 0.15) is 26.2 Å². The third-order valence-corrected chi connectivity index (χ3v) is 3.52. The van der Waals surface area contributed by atoms with Crippen molar-refractivity contribution in [1.29, 1.82) is 0 Å². The van der Waals surface area contributed by atoms with E-state index in [0.717, 1.165) is 6.42 Å². The first-order valence-corrected chi connectivity index (χ1v) is 5.84. The number of hydrogen-bond donors (Lipinski definition) is 2. The smallest absolute Gasteiger partial charge is 0.245 e. The number of nitrogens with one attached hydrogen (secondary N) is 1. The first-order valence-electron chi connectivity index (χ1n) is 5.84. The predicted molar refractivity (Wildman–Crippen MR) is 57.5 cm³/mol. The molecule has 2 amide bonds. The average Bonchev–Trinajstić information content (AvgIpc) is 2.68. The molecule has 0 aromatic carbocycles. The topological polar surface area (TPSA) is 69.6 Å². The molecule has 3 unspecified atom stereocenters. The Morgan fingerprint density at radius 1 is 1.50 bits per heavy atom. The van der Waals surface area contributed by atoms with Crippen molar-refractivity contribution < 1.29 is 14.7 Å². The standard InChI is InChI=1S/C11H18N2O3/c1-7-4-5-13(6-9(7)14)11(16)8-2-3-10(15)12-8/h7-9,14H,2-6H2,1H3,(H,12,15). The Morgan fingerprint density at radius 3 is 2.81 bits per heavy atom. The summed E-state index contributed by atoms with van der Waals surface area (Å²) in [6.07, 6.45) is 1.41. The van der Waals surface area contributed by atoms with Crippen LogP contribution in [0.3, 0.4) is 0 Å². The molecule has 0 aliphatic carbocycles. The molecule has 2 N–H and O–H groups in total. The highest BCUT2D eigenvalue weighted by Gasteiger charge is 2.34. The number of β-amino-alcohol motifs (C(OH)–C–C–N with tert-alkyl or cyclic N) is 1. The van der Waals surface area contributed by atoms with Crippen molar-refractivity contribution in [3.05, 3.63) is 0 Å². The van der Waals surface area contributed by atoms with Crippen LogP contribution in [0.15, 0.2) is 0 Å². The molecular formula is C11H18N2O3. The van der Waals surface area contributed by atoms with E-state index in [0.29, 0.717) is 25.9 Å². The molecule has 0 aromatic rings. The maximum atomic E-state index is 12.0. The van der Waals surface area contributed by atoms with Crippen LogP contribution in [0.25, 0.3) is 0 Å². The molecule has 5 nitrogen and oxygen atoms in total. The Balaban J connectivity index is 1.92. The number of likely N-dealkylation sites (tertiary alicyclic amines) is 1. The van der Waals surface area contributed by atoms with Gasteiger partial charge in [0.1, 0.15) is 6.04 Å². The lowest BCUT2D eigenvalue weighted by atomic mass is 9.95. The van der Waals surface area contributed by atoms with Gasteiger partial charge in [-0.3, -0.25) is 9.59 Å². The summed E-state index contributed by atoms with van der Waals surface area (Å²) >= 11 is 0. The minimum absolute atomic E-state index is 0.0446. The molecule has 3 atom stereocenters. The molecule has 0 saturated carbocycles. The van der Waals surface area contributed by atoms with Crippen LogP contribution in [-0.4, -0.2) is 47.1 Å². The van der Waals surface area contributed by atoms with Crippen LogP contribution in [0.4, 0.5) is 0 Å². The van der Waals surface area contributed by atoms with Crippen molar-refractivity contribution in [2.75, 3.05) is 13.1 Å². The van der Waals surface area contributed by atoms with Crippen molar-refractivity contribution in [2.45, 2.75) is 38.3 Å². The quantitative estimate of drug-likeness (QED) is 0.633. The summed E-state index contributed by atoms with van der Waals surface area (Å²) in [7, 11) is 0. The normalized spacial score (nSPS) is 35.0. The summed E-state index contributed by atoms with van der Waals surface area (Å²) in [6.45, 7) is 3.07. The largest absolute Gasteiger partial charge is 0.391 e. The number of piperidine rings is 1. The van der Waals surface area contributed by atoms with Gasteiger partial charge in [0.15, 0.2) is 0 Å². The average molecular weight is 226 g/mol. The van der Waals surface area contributed by atoms with Crippen LogP contribution in [0, 0.1) is 5.92 Å². The number of aliphatic hydroxyl groups is 1. The minimum atomic E-state index is -0.435. The van der Waals surface area contributed by atoms with Gasteiger partial charge in [-0.25, -0.2) is 0 Å². The number of hydrogen-bond acceptors (Lipinski definition) is 3. The molecule has 2 saturated heterocycles. The van der Waals surface area contributed by atoms with E-state index in [1.54, 1.807) is 4.90 Å². The van der Waals surface area contributed by atoms with Gasteiger partial charge in [-0.2, -0.15) is 0 Å². The van der Waals surface area contributed by atoms with E-state index in [2.05, 4.69) is 5.32 Å². The van der Waals surface area contributed by atoms with Gasteiger partial charge in [0.05, 0.1) is 6.10 Å². The Bertz CT molecular complexity index is 306. The molecule has 2 aliphatic rings. The zero-order valence-corrected chi connectivity index (χ0v) is 9.48. The molecule has 0 spiro atoms. The highest BCUT2D eigenvalue weighted by atomic mass is 16.3. The number of amides is 2. The number of carbonyl (C=O) groups is 2. The second kappa shape index (κ2) is 4.41. The summed E-state index contributed by atoms with van der Waals surface area (Å²) in [4.78, 5) is 24.7. The van der Waals surface area contributed by atoms with Gasteiger partial charge in [-0.05, 0) is 18.8 Å². The van der Waals surface area contributed by atoms with Crippen LogP contribution >= 0.6 is 0 Å². The first-order chi connectivity index (χ1) is 7.58. The van der Waals surface area contributed by atoms with E-state index >= 15 is 0 Å². The summed E-state index contributed by atoms with van der Waals surface area (Å²) in [5.74, 6) is 0.156. The Kier molecular flexibility index (Phi) is 3.14. The maximum absolute atomic E-state index is 12.0. The van der Waals surface area contributed by atoms with E-state index < -0.39 is 6.10 Å². The summed E-state index contributed by atoms with van der Waals surface area (Å²) in [5.41, 5.74) is 0. The van der Waals surface area contributed by atoms with Gasteiger partial charge < -0.3 is 15.3 Å². The number of nitrogens with zero attached hydrogens (tertiary/aromatic N) is 1. The zero-order chi connectivity index (χ0) is 11.7. The summed E-state index contributed by atoms with van der Waals surface area (Å²) in [5, 5.41) is 12.4. The highest BCUT2D eigenvalue weighted by molar-refractivity contribution is 5.90. The second-order valence-electron chi connectivity index (χ2n) is 4.78. The lowest BCUT2D eigenvalue weighted by molar-refractivity contribution is -0.138. The van der Waals surface area contributed by atoms with Crippen molar-refractivity contribution in [1.82, 2.24) is 10.2 Å². The molecule has 2 fully saturated rings. The molecule has 16 heavy (non-hydrogen) atoms. The van der Waals surface area contributed by atoms with Crippen LogP contribution in [0.2, 0.25) is 0 Å². The molecule has 90 valence electrons. The van der Waals surface area contributed by atoms with E-state index in [4.69, 9.17) is 0 Å². The van der Waals surface area contributed by atoms with Crippen molar-refractivity contribution in [3.63, 3.8) is 0 Å². The lowest BCUT2D eigenvalue weighted by Crippen LogP contribution is -2.51. The van der Waals surface area contributed by atoms with Gasteiger partial charge in [-0.1, -0.05) is 6.92 Å². The number of aliphatic hydroxyl groups excluding tert-OH is 1. The second-order valence-corrected chi connectivity index (χ2v) is 4.78. The van der Waals surface area contributed by atoms with Crippen molar-refractivity contribution >= 4 is 11.8 Å². The lowest BCUT2D eigenvalue weighted by Gasteiger charge is -2.35. The number of rotatable bonds is 1. The monoisotopic (exact) mass is 226 g/mol. The highest BCUT2D eigenvalue weighted by Crippen LogP contribution is 2.19. The van der Waals surface area contributed by atoms with Crippen LogP contribution in [0.5, 0.6) is 0 Å². The fourth-order valence-electron chi connectivity index (χ4n) is 2.27. The van der Waals surface area contributed by atoms with E-state index in [9.17, 15) is 14.7 Å². The van der Waals surface area contributed by atoms with E-state index in [-0.39, 0.29) is 23.8 Å². The summed E-state index contributed by atoms with van der Waals surface area (Å²) < 4.78 is 0. The van der Waals surface area contributed by atoms with Gasteiger partial charge in [0.25, 0.3) is 0 Å². The molecule has 2 aliphatic heterocycles. The van der Waals surface area contributed by atoms with Gasteiger partial charge in [0.2, 0.25) is 11.8 Å². The fraction of sp³-hybridized carbons (Fsp3) is 0.818. The molecule has 0 radical (unpaired) electrons. The van der Waals surface area contributed by atoms with Crippen molar-refractivity contribution in [2.24, 2.45) is 5.92 Å². The Morgan fingerprint density at radius 2 is 2.25 bits per heavy atom. The Hall–Kier alpha value is -1.10. The van der Waals surface area contributed by atoms with Gasteiger partial charge in [-0.15, -0.1) is 0 Å². The third kappa shape index (κ3) is 2.19. The van der Waals surface area contributed by atoms with Gasteiger partial charge >= 0.3 is 0 Å². The maximum Gasteiger partial charge on any atom is 0.245 e. The molecule has 2 heterocycles. The number of carbonyl (C=O) groups excluding carboxylic acids is 2. The molecular weight excluding hydrogens is 208 g/mol. The van der Waals surface area contributed by atoms with E-state index in [1.165, 1.54) is 0 Å². The molecule has 0 bridgehead atoms. The predicted octanol–water partition coefficient (Wildman–Crippen LogP) is -0.506. The minimum Gasteiger partial charge on any atom is -0.391 e. The first kappa shape index (κ1) is 11.4. The molecule has 5 heteroatoms. The summed E-state index contributed by atoms with van der Waals surface area (Å²) in [6, 6.07) is -0.367. The zero-order valence-electron chi connectivity index (χ0n) is 9.48. The fourth-order valence-corrected chi connectivity index (χ4v) is 2.27.